The molecule has 1 aromatic rings. The number of aliphatic imine (C=N–C) groups is 1. The van der Waals surface area contributed by atoms with Gasteiger partial charge in [-0.2, -0.15) is 0 Å². The minimum absolute atomic E-state index is 0. The fourth-order valence-electron chi connectivity index (χ4n) is 2.47. The molecule has 0 aliphatic carbocycles. The standard InChI is InChI=1S/C20H36N4O2.HI/c1-7-24(8-2)11-12-26-18-10-9-17(13-19(18)25-6)15-23-20(21-5)22-14-16(3)4;/h9-10,13,16H,7-8,11-12,14-15H2,1-6H3,(H2,21,22,23);1H. The summed E-state index contributed by atoms with van der Waals surface area (Å²) >= 11 is 0. The van der Waals surface area contributed by atoms with Crippen molar-refractivity contribution in [2.75, 3.05) is 46.9 Å². The van der Waals surface area contributed by atoms with Crippen LogP contribution in [-0.2, 0) is 6.54 Å². The predicted octanol–water partition coefficient (Wildman–Crippen LogP) is 3.35. The molecule has 0 unspecified atom stereocenters. The highest BCUT2D eigenvalue weighted by atomic mass is 127. The maximum atomic E-state index is 5.91. The second kappa shape index (κ2) is 14.8. The lowest BCUT2D eigenvalue weighted by molar-refractivity contribution is 0.217. The first kappa shape index (κ1) is 25.8. The molecule has 2 N–H and O–H groups in total. The third-order valence-corrected chi connectivity index (χ3v) is 4.15. The van der Waals surface area contributed by atoms with Crippen LogP contribution in [0, 0.1) is 5.92 Å². The van der Waals surface area contributed by atoms with Crippen molar-refractivity contribution in [2.24, 2.45) is 10.9 Å². The summed E-state index contributed by atoms with van der Waals surface area (Å²) in [5.41, 5.74) is 1.12. The first-order valence-electron chi connectivity index (χ1n) is 9.50. The average molecular weight is 492 g/mol. The summed E-state index contributed by atoms with van der Waals surface area (Å²) in [6.45, 7) is 13.9. The van der Waals surface area contributed by atoms with Gasteiger partial charge in [0, 0.05) is 26.7 Å². The number of benzene rings is 1. The first-order chi connectivity index (χ1) is 12.5. The zero-order chi connectivity index (χ0) is 19.4. The molecule has 0 spiro atoms. The van der Waals surface area contributed by atoms with E-state index in [0.717, 1.165) is 49.2 Å². The van der Waals surface area contributed by atoms with E-state index in [0.29, 0.717) is 19.1 Å². The molecule has 0 atom stereocenters. The third-order valence-electron chi connectivity index (χ3n) is 4.15. The summed E-state index contributed by atoms with van der Waals surface area (Å²) in [6, 6.07) is 6.04. The number of likely N-dealkylation sites (N-methyl/N-ethyl adjacent to an activating group) is 1. The second-order valence-electron chi connectivity index (χ2n) is 6.56. The van der Waals surface area contributed by atoms with Crippen molar-refractivity contribution in [3.05, 3.63) is 23.8 Å². The van der Waals surface area contributed by atoms with Crippen molar-refractivity contribution in [1.82, 2.24) is 15.5 Å². The molecule has 0 amide bonds. The van der Waals surface area contributed by atoms with Crippen LogP contribution < -0.4 is 20.1 Å². The van der Waals surface area contributed by atoms with Crippen LogP contribution in [0.4, 0.5) is 0 Å². The van der Waals surface area contributed by atoms with Gasteiger partial charge >= 0.3 is 0 Å². The molecule has 7 heteroatoms. The van der Waals surface area contributed by atoms with Gasteiger partial charge in [-0.05, 0) is 36.7 Å². The van der Waals surface area contributed by atoms with Gasteiger partial charge in [0.2, 0.25) is 0 Å². The van der Waals surface area contributed by atoms with E-state index in [1.165, 1.54) is 0 Å². The molecule has 156 valence electrons. The SMILES string of the molecule is CCN(CC)CCOc1ccc(CNC(=NC)NCC(C)C)cc1OC.I. The highest BCUT2D eigenvalue weighted by Gasteiger charge is 2.08. The number of hydrogen-bond acceptors (Lipinski definition) is 4. The molecule has 0 saturated carbocycles. The summed E-state index contributed by atoms with van der Waals surface area (Å²) in [7, 11) is 3.45. The molecule has 27 heavy (non-hydrogen) atoms. The Labute approximate surface area is 182 Å². The third kappa shape index (κ3) is 10.0. The predicted molar refractivity (Wildman–Crippen MR) is 125 cm³/mol. The van der Waals surface area contributed by atoms with E-state index >= 15 is 0 Å². The van der Waals surface area contributed by atoms with Gasteiger partial charge in [0.1, 0.15) is 6.61 Å². The Bertz CT molecular complexity index is 549. The summed E-state index contributed by atoms with van der Waals surface area (Å²) in [4.78, 5) is 6.58. The Hall–Kier alpha value is -1.22. The summed E-state index contributed by atoms with van der Waals surface area (Å²) in [5.74, 6) is 2.92. The molecular formula is C20H37IN4O2. The van der Waals surface area contributed by atoms with Crippen molar-refractivity contribution in [2.45, 2.75) is 34.2 Å². The highest BCUT2D eigenvalue weighted by Crippen LogP contribution is 2.28. The number of hydrogen-bond donors (Lipinski definition) is 2. The minimum atomic E-state index is 0. The Morgan fingerprint density at radius 2 is 1.85 bits per heavy atom. The Kier molecular flexibility index (Phi) is 14.1. The molecule has 0 aliphatic rings. The van der Waals surface area contributed by atoms with Crippen molar-refractivity contribution >= 4 is 29.9 Å². The molecule has 0 bridgehead atoms. The van der Waals surface area contributed by atoms with Crippen LogP contribution in [0.25, 0.3) is 0 Å². The quantitative estimate of drug-likeness (QED) is 0.282. The number of guanidine groups is 1. The van der Waals surface area contributed by atoms with Gasteiger partial charge in [-0.1, -0.05) is 33.8 Å². The van der Waals surface area contributed by atoms with Crippen LogP contribution >= 0.6 is 24.0 Å². The maximum absolute atomic E-state index is 5.91. The molecule has 6 nitrogen and oxygen atoms in total. The molecule has 0 aliphatic heterocycles. The number of methoxy groups -OCH3 is 1. The molecule has 0 fully saturated rings. The van der Waals surface area contributed by atoms with Gasteiger partial charge < -0.3 is 25.0 Å². The van der Waals surface area contributed by atoms with E-state index < -0.39 is 0 Å². The van der Waals surface area contributed by atoms with Crippen LogP contribution in [-0.4, -0.2) is 57.8 Å². The second-order valence-corrected chi connectivity index (χ2v) is 6.56. The molecule has 0 saturated heterocycles. The largest absolute Gasteiger partial charge is 0.493 e. The average Bonchev–Trinajstić information content (AvgIpc) is 2.65. The zero-order valence-electron chi connectivity index (χ0n) is 17.7. The fraction of sp³-hybridized carbons (Fsp3) is 0.650. The van der Waals surface area contributed by atoms with E-state index in [1.807, 2.05) is 12.1 Å². The van der Waals surface area contributed by atoms with Crippen molar-refractivity contribution in [3.8, 4) is 11.5 Å². The fourth-order valence-corrected chi connectivity index (χ4v) is 2.47. The molecule has 0 radical (unpaired) electrons. The smallest absolute Gasteiger partial charge is 0.191 e. The highest BCUT2D eigenvalue weighted by molar-refractivity contribution is 14.0. The number of ether oxygens (including phenoxy) is 2. The monoisotopic (exact) mass is 492 g/mol. The van der Waals surface area contributed by atoms with Crippen LogP contribution in [0.15, 0.2) is 23.2 Å². The molecular weight excluding hydrogens is 455 g/mol. The first-order valence-corrected chi connectivity index (χ1v) is 9.50. The lowest BCUT2D eigenvalue weighted by Crippen LogP contribution is -2.38. The summed E-state index contributed by atoms with van der Waals surface area (Å²) < 4.78 is 11.4. The van der Waals surface area contributed by atoms with Crippen LogP contribution in [0.2, 0.25) is 0 Å². The summed E-state index contributed by atoms with van der Waals surface area (Å²) in [5, 5.41) is 6.63. The number of rotatable bonds is 11. The molecule has 1 aromatic carbocycles. The van der Waals surface area contributed by atoms with Gasteiger partial charge in [0.05, 0.1) is 7.11 Å². The lowest BCUT2D eigenvalue weighted by Gasteiger charge is -2.19. The van der Waals surface area contributed by atoms with Crippen molar-refractivity contribution in [1.29, 1.82) is 0 Å². The van der Waals surface area contributed by atoms with E-state index in [2.05, 4.69) is 54.3 Å². The Morgan fingerprint density at radius 1 is 1.15 bits per heavy atom. The van der Waals surface area contributed by atoms with E-state index in [1.54, 1.807) is 14.2 Å². The normalized spacial score (nSPS) is 11.3. The molecule has 1 rings (SSSR count). The van der Waals surface area contributed by atoms with Crippen molar-refractivity contribution < 1.29 is 9.47 Å². The van der Waals surface area contributed by atoms with E-state index in [9.17, 15) is 0 Å². The molecule has 0 aromatic heterocycles. The van der Waals surface area contributed by atoms with Crippen molar-refractivity contribution in [3.63, 3.8) is 0 Å². The summed E-state index contributed by atoms with van der Waals surface area (Å²) in [6.07, 6.45) is 0. The lowest BCUT2D eigenvalue weighted by atomic mass is 10.2. The van der Waals surface area contributed by atoms with E-state index in [-0.39, 0.29) is 24.0 Å². The van der Waals surface area contributed by atoms with Crippen LogP contribution in [0.5, 0.6) is 11.5 Å². The van der Waals surface area contributed by atoms with Gasteiger partial charge in [-0.3, -0.25) is 4.99 Å². The number of nitrogens with zero attached hydrogens (tertiary/aromatic N) is 2. The topological polar surface area (TPSA) is 58.1 Å². The maximum Gasteiger partial charge on any atom is 0.191 e. The van der Waals surface area contributed by atoms with Crippen LogP contribution in [0.3, 0.4) is 0 Å². The van der Waals surface area contributed by atoms with Gasteiger partial charge in [-0.25, -0.2) is 0 Å². The Balaban J connectivity index is 0.00000676. The van der Waals surface area contributed by atoms with E-state index in [4.69, 9.17) is 9.47 Å². The zero-order valence-corrected chi connectivity index (χ0v) is 20.0. The molecule has 0 heterocycles. The Morgan fingerprint density at radius 3 is 2.41 bits per heavy atom. The van der Waals surface area contributed by atoms with Gasteiger partial charge in [-0.15, -0.1) is 24.0 Å². The number of halogens is 1. The van der Waals surface area contributed by atoms with Crippen LogP contribution in [0.1, 0.15) is 33.3 Å². The van der Waals surface area contributed by atoms with Gasteiger partial charge in [0.25, 0.3) is 0 Å². The minimum Gasteiger partial charge on any atom is -0.493 e. The number of nitrogens with one attached hydrogen (secondary N) is 2. The van der Waals surface area contributed by atoms with Gasteiger partial charge in [0.15, 0.2) is 17.5 Å².